The van der Waals surface area contributed by atoms with Gasteiger partial charge in [0, 0.05) is 38.8 Å². The molecule has 1 spiro atoms. The minimum Gasteiger partial charge on any atom is -0.310 e. The largest absolute Gasteiger partial charge is 0.310 e. The third kappa shape index (κ3) is 4.59. The van der Waals surface area contributed by atoms with Crippen LogP contribution in [0.15, 0.2) is 206 Å². The number of rotatable bonds is 4. The lowest BCUT2D eigenvalue weighted by Gasteiger charge is -2.31. The Morgan fingerprint density at radius 1 is 0.344 bits per heavy atom. The Kier molecular flexibility index (Phi) is 7.03. The van der Waals surface area contributed by atoms with E-state index >= 15 is 0 Å². The van der Waals surface area contributed by atoms with Crippen molar-refractivity contribution in [2.24, 2.45) is 0 Å². The average Bonchev–Trinajstić information content (AvgIpc) is 3.87. The molecule has 0 unspecified atom stereocenters. The van der Waals surface area contributed by atoms with E-state index < -0.39 is 5.41 Å². The summed E-state index contributed by atoms with van der Waals surface area (Å²) in [5.41, 5.74) is 21.8. The lowest BCUT2D eigenvalue weighted by Crippen LogP contribution is -2.25. The second kappa shape index (κ2) is 12.5. The van der Waals surface area contributed by atoms with E-state index in [-0.39, 0.29) is 5.41 Å². The van der Waals surface area contributed by atoms with Crippen molar-refractivity contribution in [3.05, 3.63) is 240 Å². The molecule has 0 saturated heterocycles. The fourth-order valence-electron chi connectivity index (χ4n) is 11.4. The van der Waals surface area contributed by atoms with Crippen molar-refractivity contribution in [1.29, 1.82) is 0 Å². The van der Waals surface area contributed by atoms with E-state index in [0.717, 1.165) is 39.2 Å². The van der Waals surface area contributed by atoms with E-state index in [1.165, 1.54) is 77.5 Å². The lowest BCUT2D eigenvalue weighted by molar-refractivity contribution is 0.660. The van der Waals surface area contributed by atoms with Crippen molar-refractivity contribution in [2.75, 3.05) is 4.90 Å². The molecular formula is C59H40N2. The highest BCUT2D eigenvalue weighted by Crippen LogP contribution is 2.63. The molecule has 3 aliphatic carbocycles. The van der Waals surface area contributed by atoms with Crippen molar-refractivity contribution in [1.82, 2.24) is 4.98 Å². The Morgan fingerprint density at radius 2 is 0.836 bits per heavy atom. The van der Waals surface area contributed by atoms with E-state index in [4.69, 9.17) is 4.98 Å². The molecule has 0 fully saturated rings. The number of para-hydroxylation sites is 1. The van der Waals surface area contributed by atoms with Gasteiger partial charge in [-0.2, -0.15) is 0 Å². The van der Waals surface area contributed by atoms with Gasteiger partial charge < -0.3 is 4.90 Å². The van der Waals surface area contributed by atoms with Gasteiger partial charge in [0.15, 0.2) is 0 Å². The number of pyridine rings is 1. The van der Waals surface area contributed by atoms with Gasteiger partial charge in [-0.3, -0.25) is 0 Å². The molecule has 0 amide bonds. The molecule has 0 radical (unpaired) electrons. The van der Waals surface area contributed by atoms with Crippen LogP contribution in [0, 0.1) is 0 Å². The van der Waals surface area contributed by atoms with Gasteiger partial charge in [-0.05, 0) is 115 Å². The molecule has 13 rings (SSSR count). The molecule has 0 bridgehead atoms. The Balaban J connectivity index is 1.05. The van der Waals surface area contributed by atoms with Crippen LogP contribution in [0.3, 0.4) is 0 Å². The third-order valence-electron chi connectivity index (χ3n) is 14.1. The molecule has 0 N–H and O–H groups in total. The molecule has 61 heavy (non-hydrogen) atoms. The summed E-state index contributed by atoms with van der Waals surface area (Å²) in [7, 11) is 0. The number of hydrogen-bond donors (Lipinski definition) is 0. The fraction of sp³-hybridized carbons (Fsp3) is 0.0678. The zero-order valence-electron chi connectivity index (χ0n) is 34.0. The van der Waals surface area contributed by atoms with Gasteiger partial charge in [0.25, 0.3) is 0 Å². The molecule has 0 atom stereocenters. The summed E-state index contributed by atoms with van der Waals surface area (Å²) in [6.45, 7) is 4.73. The monoisotopic (exact) mass is 776 g/mol. The molecule has 286 valence electrons. The van der Waals surface area contributed by atoms with Crippen LogP contribution in [0.4, 0.5) is 17.1 Å². The van der Waals surface area contributed by atoms with Crippen LogP contribution in [0.1, 0.15) is 47.2 Å². The van der Waals surface area contributed by atoms with Gasteiger partial charge in [-0.15, -0.1) is 0 Å². The first-order valence-electron chi connectivity index (χ1n) is 21.4. The molecular weight excluding hydrogens is 737 g/mol. The minimum absolute atomic E-state index is 0.143. The van der Waals surface area contributed by atoms with Gasteiger partial charge in [-0.25, -0.2) is 4.98 Å². The standard InChI is InChI=1S/C59H40N2/c1-58(2)50-25-10-5-19-42(50)46-32-30-40(36-55(46)58)61(38-17-15-16-37(34-38)57-48-24-4-3-18-41(48)47-23-9-14-29-56(47)60-57)39-31-33-54-49(35-39)45-22-8-13-28-53(45)59(54)51-26-11-6-20-43(51)44-21-7-12-27-52(44)59/h3-36H,1-2H3. The topological polar surface area (TPSA) is 16.1 Å². The van der Waals surface area contributed by atoms with Crippen LogP contribution < -0.4 is 4.90 Å². The van der Waals surface area contributed by atoms with Crippen molar-refractivity contribution in [2.45, 2.75) is 24.7 Å². The molecule has 10 aromatic rings. The zero-order valence-corrected chi connectivity index (χ0v) is 34.0. The second-order valence-corrected chi connectivity index (χ2v) is 17.4. The number of benzene rings is 9. The number of hydrogen-bond acceptors (Lipinski definition) is 2. The first kappa shape index (κ1) is 34.3. The van der Waals surface area contributed by atoms with Crippen molar-refractivity contribution < 1.29 is 0 Å². The molecule has 0 aliphatic heterocycles. The van der Waals surface area contributed by atoms with Crippen LogP contribution in [0.2, 0.25) is 0 Å². The number of anilines is 3. The van der Waals surface area contributed by atoms with Crippen LogP contribution in [-0.4, -0.2) is 4.98 Å². The van der Waals surface area contributed by atoms with Gasteiger partial charge in [-0.1, -0.05) is 178 Å². The minimum atomic E-state index is -0.394. The number of nitrogens with zero attached hydrogens (tertiary/aromatic N) is 2. The normalized spacial score (nSPS) is 14.3. The predicted octanol–water partition coefficient (Wildman–Crippen LogP) is 15.2. The first-order chi connectivity index (χ1) is 30.0. The van der Waals surface area contributed by atoms with Gasteiger partial charge in [0.1, 0.15) is 0 Å². The second-order valence-electron chi connectivity index (χ2n) is 17.4. The van der Waals surface area contributed by atoms with E-state index in [0.29, 0.717) is 0 Å². The summed E-state index contributed by atoms with van der Waals surface area (Å²) in [5.74, 6) is 0. The number of fused-ring (bicyclic) bond motifs is 16. The lowest BCUT2D eigenvalue weighted by atomic mass is 9.70. The average molecular weight is 777 g/mol. The van der Waals surface area contributed by atoms with E-state index in [2.05, 4.69) is 225 Å². The van der Waals surface area contributed by atoms with Crippen LogP contribution >= 0.6 is 0 Å². The van der Waals surface area contributed by atoms with Gasteiger partial charge >= 0.3 is 0 Å². The SMILES string of the molecule is CC1(C)c2ccccc2-c2ccc(N(c3cccc(-c4nc5ccccc5c5ccccc45)c3)c3ccc4c(c3)-c3ccccc3C43c4ccccc4-c4ccccc43)cc21. The van der Waals surface area contributed by atoms with E-state index in [9.17, 15) is 0 Å². The molecule has 2 nitrogen and oxygen atoms in total. The predicted molar refractivity (Wildman–Crippen MR) is 253 cm³/mol. The van der Waals surface area contributed by atoms with E-state index in [1.54, 1.807) is 0 Å². The van der Waals surface area contributed by atoms with Crippen LogP contribution in [-0.2, 0) is 10.8 Å². The van der Waals surface area contributed by atoms with Gasteiger partial charge in [0.05, 0.1) is 16.6 Å². The van der Waals surface area contributed by atoms with Crippen molar-refractivity contribution in [3.63, 3.8) is 0 Å². The first-order valence-corrected chi connectivity index (χ1v) is 21.4. The summed E-state index contributed by atoms with van der Waals surface area (Å²) in [6.07, 6.45) is 0. The summed E-state index contributed by atoms with van der Waals surface area (Å²) in [6, 6.07) is 76.6. The Hall–Kier alpha value is -7.55. The summed E-state index contributed by atoms with van der Waals surface area (Å²) in [5, 5.41) is 3.54. The molecule has 0 saturated carbocycles. The van der Waals surface area contributed by atoms with Crippen molar-refractivity contribution in [3.8, 4) is 44.6 Å². The van der Waals surface area contributed by atoms with Gasteiger partial charge in [0.2, 0.25) is 0 Å². The zero-order chi connectivity index (χ0) is 40.5. The Bertz CT molecular complexity index is 3440. The fourth-order valence-corrected chi connectivity index (χ4v) is 11.4. The maximum Gasteiger partial charge on any atom is 0.0788 e. The van der Waals surface area contributed by atoms with E-state index in [1.807, 2.05) is 0 Å². The molecule has 9 aromatic carbocycles. The molecule has 1 heterocycles. The summed E-state index contributed by atoms with van der Waals surface area (Å²) in [4.78, 5) is 7.81. The maximum absolute atomic E-state index is 5.34. The highest BCUT2D eigenvalue weighted by atomic mass is 15.1. The third-order valence-corrected chi connectivity index (χ3v) is 14.1. The Morgan fingerprint density at radius 3 is 1.54 bits per heavy atom. The summed E-state index contributed by atoms with van der Waals surface area (Å²) >= 11 is 0. The highest BCUT2D eigenvalue weighted by molar-refractivity contribution is 6.11. The maximum atomic E-state index is 5.34. The van der Waals surface area contributed by atoms with Crippen molar-refractivity contribution >= 4 is 38.7 Å². The van der Waals surface area contributed by atoms with Crippen LogP contribution in [0.5, 0.6) is 0 Å². The number of aromatic nitrogens is 1. The Labute approximate surface area is 356 Å². The van der Waals surface area contributed by atoms with Crippen LogP contribution in [0.25, 0.3) is 66.3 Å². The molecule has 1 aromatic heterocycles. The highest BCUT2D eigenvalue weighted by Gasteiger charge is 2.51. The quantitative estimate of drug-likeness (QED) is 0.166. The smallest absolute Gasteiger partial charge is 0.0788 e. The summed E-state index contributed by atoms with van der Waals surface area (Å²) < 4.78 is 0. The molecule has 2 heteroatoms. The molecule has 3 aliphatic rings.